The van der Waals surface area contributed by atoms with Gasteiger partial charge in [-0.15, -0.1) is 10.2 Å². The predicted molar refractivity (Wildman–Crippen MR) is 121 cm³/mol. The Bertz CT molecular complexity index is 1060. The highest BCUT2D eigenvalue weighted by Gasteiger charge is 2.27. The number of nitrogens with one attached hydrogen (secondary N) is 3. The van der Waals surface area contributed by atoms with E-state index in [0.717, 1.165) is 5.56 Å². The van der Waals surface area contributed by atoms with E-state index in [2.05, 4.69) is 26.1 Å². The first-order valence-corrected chi connectivity index (χ1v) is 10.8. The molecule has 2 aromatic carbocycles. The van der Waals surface area contributed by atoms with Crippen LogP contribution >= 0.6 is 22.9 Å². The van der Waals surface area contributed by atoms with Crippen LogP contribution in [0.1, 0.15) is 20.3 Å². The molecule has 10 heteroatoms. The van der Waals surface area contributed by atoms with E-state index in [9.17, 15) is 14.0 Å². The summed E-state index contributed by atoms with van der Waals surface area (Å²) in [5, 5.41) is 17.6. The number of benzene rings is 2. The number of rotatable bonds is 7. The Morgan fingerprint density at radius 3 is 2.55 bits per heavy atom. The van der Waals surface area contributed by atoms with Gasteiger partial charge in [0.25, 0.3) is 0 Å². The fraction of sp³-hybridized carbons (Fsp3) is 0.238. The van der Waals surface area contributed by atoms with Crippen molar-refractivity contribution in [1.82, 2.24) is 15.5 Å². The molecule has 3 aromatic rings. The highest BCUT2D eigenvalue weighted by atomic mass is 35.5. The van der Waals surface area contributed by atoms with Crippen LogP contribution in [0, 0.1) is 11.7 Å². The average molecular weight is 462 g/mol. The van der Waals surface area contributed by atoms with Gasteiger partial charge in [-0.2, -0.15) is 0 Å². The fourth-order valence-electron chi connectivity index (χ4n) is 2.74. The van der Waals surface area contributed by atoms with Gasteiger partial charge in [-0.05, 0) is 36.2 Å². The quantitative estimate of drug-likeness (QED) is 0.452. The summed E-state index contributed by atoms with van der Waals surface area (Å²) in [6, 6.07) is 11.2. The van der Waals surface area contributed by atoms with Gasteiger partial charge in [0.2, 0.25) is 11.0 Å². The molecule has 1 heterocycles. The maximum Gasteiger partial charge on any atom is 0.319 e. The summed E-state index contributed by atoms with van der Waals surface area (Å²) in [6.45, 7) is 3.77. The number of anilines is 2. The van der Waals surface area contributed by atoms with Crippen LogP contribution in [0.2, 0.25) is 5.02 Å². The van der Waals surface area contributed by atoms with Crippen molar-refractivity contribution in [3.8, 4) is 10.6 Å². The molecular formula is C21H21ClFN5O2S. The first-order valence-electron chi connectivity index (χ1n) is 9.59. The number of urea groups is 1. The zero-order valence-corrected chi connectivity index (χ0v) is 18.4. The maximum absolute atomic E-state index is 13.3. The molecule has 0 bridgehead atoms. The minimum atomic E-state index is -0.818. The highest BCUT2D eigenvalue weighted by molar-refractivity contribution is 7.18. The van der Waals surface area contributed by atoms with E-state index >= 15 is 0 Å². The van der Waals surface area contributed by atoms with Gasteiger partial charge in [0, 0.05) is 16.3 Å². The molecule has 3 rings (SSSR count). The summed E-state index contributed by atoms with van der Waals surface area (Å²) in [5.74, 6) is -1.04. The average Bonchev–Trinajstić information content (AvgIpc) is 3.20. The van der Waals surface area contributed by atoms with Crippen LogP contribution in [0.15, 0.2) is 48.5 Å². The van der Waals surface area contributed by atoms with Crippen molar-refractivity contribution >= 4 is 45.7 Å². The van der Waals surface area contributed by atoms with Crippen LogP contribution in [0.4, 0.5) is 20.0 Å². The van der Waals surface area contributed by atoms with Gasteiger partial charge in [0.05, 0.1) is 0 Å². The molecule has 0 aliphatic heterocycles. The fourth-order valence-corrected chi connectivity index (χ4v) is 3.62. The Morgan fingerprint density at radius 2 is 1.87 bits per heavy atom. The summed E-state index contributed by atoms with van der Waals surface area (Å²) in [7, 11) is 0. The molecule has 162 valence electrons. The number of carbonyl (C=O) groups is 2. The first kappa shape index (κ1) is 22.6. The Morgan fingerprint density at radius 1 is 1.13 bits per heavy atom. The van der Waals surface area contributed by atoms with E-state index in [0.29, 0.717) is 21.6 Å². The zero-order valence-electron chi connectivity index (χ0n) is 16.9. The SMILES string of the molecule is CCC(C)C(NC(=O)Nc1cccc(F)c1)C(=O)Nc1nnc(-c2ccc(Cl)cc2)s1. The van der Waals surface area contributed by atoms with Crippen molar-refractivity contribution in [2.24, 2.45) is 5.92 Å². The molecular weight excluding hydrogens is 441 g/mol. The first-order chi connectivity index (χ1) is 14.9. The second-order valence-corrected chi connectivity index (χ2v) is 8.29. The molecule has 0 saturated heterocycles. The number of nitrogens with zero attached hydrogens (tertiary/aromatic N) is 2. The normalized spacial score (nSPS) is 12.6. The van der Waals surface area contributed by atoms with Crippen molar-refractivity contribution in [1.29, 1.82) is 0 Å². The number of halogens is 2. The molecule has 2 atom stereocenters. The van der Waals surface area contributed by atoms with Crippen molar-refractivity contribution in [2.45, 2.75) is 26.3 Å². The van der Waals surface area contributed by atoms with Crippen LogP contribution in [0.5, 0.6) is 0 Å². The topological polar surface area (TPSA) is 96.0 Å². The van der Waals surface area contributed by atoms with Gasteiger partial charge in [-0.25, -0.2) is 9.18 Å². The van der Waals surface area contributed by atoms with E-state index < -0.39 is 23.8 Å². The van der Waals surface area contributed by atoms with Crippen molar-refractivity contribution in [3.05, 3.63) is 59.4 Å². The van der Waals surface area contributed by atoms with Crippen LogP contribution in [-0.4, -0.2) is 28.2 Å². The van der Waals surface area contributed by atoms with Crippen molar-refractivity contribution < 1.29 is 14.0 Å². The molecule has 2 unspecified atom stereocenters. The predicted octanol–water partition coefficient (Wildman–Crippen LogP) is 5.17. The third kappa shape index (κ3) is 6.22. The monoisotopic (exact) mass is 461 g/mol. The second-order valence-electron chi connectivity index (χ2n) is 6.88. The number of carbonyl (C=O) groups excluding carboxylic acids is 2. The lowest BCUT2D eigenvalue weighted by atomic mass is 9.98. The standard InChI is InChI=1S/C21H21ClFN5O2S/c1-3-12(2)17(25-20(30)24-16-6-4-5-15(23)11-16)18(29)26-21-28-27-19(31-21)13-7-9-14(22)10-8-13/h4-12,17H,3H2,1-2H3,(H2,24,25,30)(H,26,28,29). The number of hydrogen-bond donors (Lipinski definition) is 3. The Labute approximate surface area is 188 Å². The van der Waals surface area contributed by atoms with Gasteiger partial charge in [0.15, 0.2) is 0 Å². The van der Waals surface area contributed by atoms with E-state index in [1.165, 1.54) is 29.5 Å². The number of hydrogen-bond acceptors (Lipinski definition) is 5. The molecule has 0 spiro atoms. The lowest BCUT2D eigenvalue weighted by molar-refractivity contribution is -0.119. The highest BCUT2D eigenvalue weighted by Crippen LogP contribution is 2.27. The van der Waals surface area contributed by atoms with Crippen LogP contribution in [0.3, 0.4) is 0 Å². The third-order valence-corrected chi connectivity index (χ3v) is 5.75. The summed E-state index contributed by atoms with van der Waals surface area (Å²) in [5.41, 5.74) is 1.12. The van der Waals surface area contributed by atoms with Gasteiger partial charge < -0.3 is 10.6 Å². The van der Waals surface area contributed by atoms with E-state index in [-0.39, 0.29) is 11.6 Å². The molecule has 7 nitrogen and oxygen atoms in total. The molecule has 31 heavy (non-hydrogen) atoms. The van der Waals surface area contributed by atoms with E-state index in [1.54, 1.807) is 18.2 Å². The summed E-state index contributed by atoms with van der Waals surface area (Å²) in [6.07, 6.45) is 0.657. The van der Waals surface area contributed by atoms with Gasteiger partial charge in [-0.3, -0.25) is 10.1 Å². The lowest BCUT2D eigenvalue weighted by Gasteiger charge is -2.23. The van der Waals surface area contributed by atoms with Crippen LogP contribution in [-0.2, 0) is 4.79 Å². The van der Waals surface area contributed by atoms with E-state index in [4.69, 9.17) is 11.6 Å². The van der Waals surface area contributed by atoms with Gasteiger partial charge >= 0.3 is 6.03 Å². The Balaban J connectivity index is 1.67. The zero-order chi connectivity index (χ0) is 22.4. The minimum absolute atomic E-state index is 0.151. The maximum atomic E-state index is 13.3. The summed E-state index contributed by atoms with van der Waals surface area (Å²) >= 11 is 7.12. The van der Waals surface area contributed by atoms with Gasteiger partial charge in [0.1, 0.15) is 16.9 Å². The smallest absolute Gasteiger partial charge is 0.319 e. The van der Waals surface area contributed by atoms with Crippen molar-refractivity contribution in [2.75, 3.05) is 10.6 Å². The van der Waals surface area contributed by atoms with Crippen LogP contribution in [0.25, 0.3) is 10.6 Å². The third-order valence-electron chi connectivity index (χ3n) is 4.61. The summed E-state index contributed by atoms with van der Waals surface area (Å²) in [4.78, 5) is 25.2. The minimum Gasteiger partial charge on any atom is -0.326 e. The second kappa shape index (κ2) is 10.3. The molecule has 0 aliphatic carbocycles. The molecule has 3 N–H and O–H groups in total. The molecule has 0 saturated carbocycles. The molecule has 3 amide bonds. The molecule has 0 fully saturated rings. The Hall–Kier alpha value is -3.04. The summed E-state index contributed by atoms with van der Waals surface area (Å²) < 4.78 is 13.3. The lowest BCUT2D eigenvalue weighted by Crippen LogP contribution is -2.49. The molecule has 1 aromatic heterocycles. The van der Waals surface area contributed by atoms with E-state index in [1.807, 2.05) is 26.0 Å². The number of aromatic nitrogens is 2. The molecule has 0 aliphatic rings. The van der Waals surface area contributed by atoms with Crippen LogP contribution < -0.4 is 16.0 Å². The molecule has 0 radical (unpaired) electrons. The number of amides is 3. The Kier molecular flexibility index (Phi) is 7.54. The van der Waals surface area contributed by atoms with Gasteiger partial charge in [-0.1, -0.05) is 61.4 Å². The largest absolute Gasteiger partial charge is 0.326 e. The van der Waals surface area contributed by atoms with Crippen molar-refractivity contribution in [3.63, 3.8) is 0 Å².